The summed E-state index contributed by atoms with van der Waals surface area (Å²) in [7, 11) is 0. The molecule has 88 valence electrons. The molecule has 0 unspecified atom stereocenters. The van der Waals surface area contributed by atoms with Crippen molar-refractivity contribution in [2.24, 2.45) is 11.0 Å². The number of nitrogens with two attached hydrogens (primary N) is 1. The Labute approximate surface area is 104 Å². The van der Waals surface area contributed by atoms with E-state index in [1.165, 1.54) is 0 Å². The average Bonchev–Trinajstić information content (AvgIpc) is 2.44. The molecule has 3 aromatic rings. The molecule has 0 aromatic heterocycles. The van der Waals surface area contributed by atoms with Crippen LogP contribution in [0.1, 0.15) is 0 Å². The third-order valence-electron chi connectivity index (χ3n) is 3.16. The van der Waals surface area contributed by atoms with Crippen LogP contribution in [0.2, 0.25) is 0 Å². The number of hydrogen-bond acceptors (Lipinski definition) is 4. The van der Waals surface area contributed by atoms with Crippen molar-refractivity contribution in [2.75, 3.05) is 5.43 Å². The van der Waals surface area contributed by atoms with E-state index in [4.69, 9.17) is 11.4 Å². The van der Waals surface area contributed by atoms with Crippen LogP contribution in [-0.2, 0) is 0 Å². The predicted molar refractivity (Wildman–Crippen MR) is 74.1 cm³/mol. The maximum Gasteiger partial charge on any atom is 0.101 e. The van der Waals surface area contributed by atoms with Crippen molar-refractivity contribution >= 4 is 32.9 Å². The second kappa shape index (κ2) is 4.09. The average molecular weight is 236 g/mol. The molecule has 3 rings (SSSR count). The zero-order chi connectivity index (χ0) is 12.5. The van der Waals surface area contributed by atoms with Crippen LogP contribution >= 0.6 is 0 Å². The Kier molecular flexibility index (Phi) is 2.42. The lowest BCUT2D eigenvalue weighted by Crippen LogP contribution is -2.07. The van der Waals surface area contributed by atoms with E-state index in [2.05, 4.69) is 10.5 Å². The van der Waals surface area contributed by atoms with Gasteiger partial charge in [0.05, 0.1) is 5.69 Å². The minimum atomic E-state index is 0.681. The zero-order valence-electron chi connectivity index (χ0n) is 9.64. The lowest BCUT2D eigenvalue weighted by atomic mass is 9.99. The van der Waals surface area contributed by atoms with E-state index >= 15 is 0 Å². The van der Waals surface area contributed by atoms with Gasteiger partial charge in [0.2, 0.25) is 0 Å². The summed E-state index contributed by atoms with van der Waals surface area (Å²) in [5, 5.41) is 7.50. The zero-order valence-corrected chi connectivity index (χ0v) is 9.64. The topological polar surface area (TPSA) is 74.3 Å². The highest BCUT2D eigenvalue weighted by Crippen LogP contribution is 2.40. The number of hydrogen-bond donors (Lipinski definition) is 3. The largest absolute Gasteiger partial charge is 0.323 e. The smallest absolute Gasteiger partial charge is 0.101 e. The van der Waals surface area contributed by atoms with Crippen molar-refractivity contribution in [1.82, 2.24) is 0 Å². The first kappa shape index (κ1) is 10.7. The maximum atomic E-state index is 7.41. The molecule has 0 saturated heterocycles. The van der Waals surface area contributed by atoms with Crippen LogP contribution in [0.25, 0.3) is 21.5 Å². The molecule has 18 heavy (non-hydrogen) atoms. The number of nitrogens with one attached hydrogen (secondary N) is 2. The summed E-state index contributed by atoms with van der Waals surface area (Å²) in [4.78, 5) is 0. The molecule has 0 radical (unpaired) electrons. The number of benzene rings is 3. The summed E-state index contributed by atoms with van der Waals surface area (Å²) >= 11 is 0. The molecule has 3 aromatic carbocycles. The van der Waals surface area contributed by atoms with Crippen molar-refractivity contribution in [1.29, 1.82) is 5.53 Å². The van der Waals surface area contributed by atoms with Gasteiger partial charge in [0.25, 0.3) is 0 Å². The van der Waals surface area contributed by atoms with Crippen molar-refractivity contribution in [3.63, 3.8) is 0 Å². The molecular formula is C14H12N4. The molecule has 0 saturated carbocycles. The molecule has 4 heteroatoms. The van der Waals surface area contributed by atoms with Crippen LogP contribution in [0.4, 0.5) is 11.4 Å². The number of hydrazine groups is 1. The van der Waals surface area contributed by atoms with Crippen LogP contribution in [-0.4, -0.2) is 0 Å². The van der Waals surface area contributed by atoms with Gasteiger partial charge in [-0.05, 0) is 0 Å². The molecular weight excluding hydrogens is 224 g/mol. The van der Waals surface area contributed by atoms with Gasteiger partial charge >= 0.3 is 0 Å². The highest BCUT2D eigenvalue weighted by Gasteiger charge is 2.11. The Morgan fingerprint density at radius 1 is 0.833 bits per heavy atom. The summed E-state index contributed by atoms with van der Waals surface area (Å²) in [6.07, 6.45) is 0. The van der Waals surface area contributed by atoms with Gasteiger partial charge in [-0.15, -0.1) is 0 Å². The number of fused-ring (bicyclic) bond motifs is 2. The third kappa shape index (κ3) is 1.36. The van der Waals surface area contributed by atoms with Crippen molar-refractivity contribution in [3.05, 3.63) is 48.5 Å². The maximum absolute atomic E-state index is 7.41. The van der Waals surface area contributed by atoms with E-state index in [1.54, 1.807) is 0 Å². The Hall–Kier alpha value is -2.46. The lowest BCUT2D eigenvalue weighted by Gasteiger charge is -2.12. The van der Waals surface area contributed by atoms with E-state index in [9.17, 15) is 0 Å². The fourth-order valence-corrected chi connectivity index (χ4v) is 2.38. The van der Waals surface area contributed by atoms with Crippen molar-refractivity contribution in [3.8, 4) is 0 Å². The minimum Gasteiger partial charge on any atom is -0.323 e. The summed E-state index contributed by atoms with van der Waals surface area (Å²) in [5.41, 5.74) is 11.7. The van der Waals surface area contributed by atoms with Crippen LogP contribution in [0.15, 0.2) is 53.6 Å². The van der Waals surface area contributed by atoms with Crippen LogP contribution < -0.4 is 11.3 Å². The first-order chi connectivity index (χ1) is 8.86. The van der Waals surface area contributed by atoms with Gasteiger partial charge in [0.15, 0.2) is 0 Å². The molecule has 4 nitrogen and oxygen atoms in total. The fraction of sp³-hybridized carbons (Fsp3) is 0. The first-order valence-electron chi connectivity index (χ1n) is 5.64. The summed E-state index contributed by atoms with van der Waals surface area (Å²) < 4.78 is 0. The van der Waals surface area contributed by atoms with E-state index in [-0.39, 0.29) is 0 Å². The summed E-state index contributed by atoms with van der Waals surface area (Å²) in [6.45, 7) is 0. The molecule has 4 N–H and O–H groups in total. The predicted octanol–water partition coefficient (Wildman–Crippen LogP) is 3.94. The normalized spacial score (nSPS) is 10.7. The molecule has 0 fully saturated rings. The highest BCUT2D eigenvalue weighted by atomic mass is 15.2. The van der Waals surface area contributed by atoms with Gasteiger partial charge in [0.1, 0.15) is 5.69 Å². The SMILES string of the molecule is N=Nc1c2ccccc2c(NN)c2ccccc12. The van der Waals surface area contributed by atoms with Crippen molar-refractivity contribution in [2.45, 2.75) is 0 Å². The minimum absolute atomic E-state index is 0.681. The lowest BCUT2D eigenvalue weighted by molar-refractivity contribution is 1.16. The molecule has 0 spiro atoms. The summed E-state index contributed by atoms with van der Waals surface area (Å²) in [5.74, 6) is 5.65. The first-order valence-corrected chi connectivity index (χ1v) is 5.64. The molecule has 0 heterocycles. The quantitative estimate of drug-likeness (QED) is 0.273. The highest BCUT2D eigenvalue weighted by molar-refractivity contribution is 6.18. The van der Waals surface area contributed by atoms with Crippen LogP contribution in [0.3, 0.4) is 0 Å². The van der Waals surface area contributed by atoms with Crippen molar-refractivity contribution < 1.29 is 0 Å². The number of anilines is 1. The number of rotatable bonds is 2. The van der Waals surface area contributed by atoms with Gasteiger partial charge in [-0.25, -0.2) is 5.53 Å². The van der Waals surface area contributed by atoms with E-state index in [1.807, 2.05) is 48.5 Å². The van der Waals surface area contributed by atoms with E-state index in [0.717, 1.165) is 27.2 Å². The number of nitrogens with zero attached hydrogens (tertiary/aromatic N) is 1. The van der Waals surface area contributed by atoms with E-state index in [0.29, 0.717) is 5.69 Å². The molecule has 0 aliphatic carbocycles. The Morgan fingerprint density at radius 3 is 1.67 bits per heavy atom. The molecule has 0 amide bonds. The van der Waals surface area contributed by atoms with Crippen LogP contribution in [0.5, 0.6) is 0 Å². The fourth-order valence-electron chi connectivity index (χ4n) is 2.38. The second-order valence-corrected chi connectivity index (χ2v) is 4.07. The van der Waals surface area contributed by atoms with Gasteiger partial charge in [-0.1, -0.05) is 48.5 Å². The second-order valence-electron chi connectivity index (χ2n) is 4.07. The number of nitrogen functional groups attached to an aromatic ring is 1. The molecule has 0 aliphatic rings. The Morgan fingerprint density at radius 2 is 1.28 bits per heavy atom. The monoisotopic (exact) mass is 236 g/mol. The van der Waals surface area contributed by atoms with Gasteiger partial charge < -0.3 is 5.43 Å². The van der Waals surface area contributed by atoms with Gasteiger partial charge in [0, 0.05) is 21.5 Å². The van der Waals surface area contributed by atoms with Crippen LogP contribution in [0, 0.1) is 5.53 Å². The molecule has 0 aliphatic heterocycles. The Bertz CT molecular complexity index is 692. The van der Waals surface area contributed by atoms with Gasteiger partial charge in [-0.2, -0.15) is 5.11 Å². The molecule has 0 bridgehead atoms. The Balaban J connectivity index is 2.65. The van der Waals surface area contributed by atoms with E-state index < -0.39 is 0 Å². The summed E-state index contributed by atoms with van der Waals surface area (Å²) in [6, 6.07) is 15.6. The third-order valence-corrected chi connectivity index (χ3v) is 3.16. The van der Waals surface area contributed by atoms with Gasteiger partial charge in [-0.3, -0.25) is 5.84 Å². The standard InChI is InChI=1S/C14H12N4/c15-17-13-9-5-1-2-6-10(9)14(18-16)12-8-4-3-7-11(12)13/h1-8,15,18H,16H2. The molecule has 0 atom stereocenters.